The molecule has 2 fully saturated rings. The topological polar surface area (TPSA) is 72.9 Å². The molecule has 136 valence electrons. The number of fused-ring (bicyclic) bond motifs is 1. The summed E-state index contributed by atoms with van der Waals surface area (Å²) in [7, 11) is 0. The van der Waals surface area contributed by atoms with Crippen molar-refractivity contribution >= 4 is 16.7 Å². The number of hydrogen-bond acceptors (Lipinski definition) is 6. The normalized spacial score (nSPS) is 19.6. The zero-order valence-electron chi connectivity index (χ0n) is 14.3. The van der Waals surface area contributed by atoms with E-state index in [1.807, 2.05) is 13.0 Å². The van der Waals surface area contributed by atoms with Crippen molar-refractivity contribution in [3.8, 4) is 0 Å². The molecule has 0 aromatic carbocycles. The number of aryl methyl sites for hydroxylation is 1. The van der Waals surface area contributed by atoms with Gasteiger partial charge in [0, 0.05) is 24.6 Å². The van der Waals surface area contributed by atoms with Gasteiger partial charge in [0.2, 0.25) is 0 Å². The number of hydrogen-bond donors (Lipinski definition) is 0. The van der Waals surface area contributed by atoms with E-state index in [1.165, 1.54) is 0 Å². The smallest absolute Gasteiger partial charge is 0.266 e. The highest BCUT2D eigenvalue weighted by molar-refractivity contribution is 5.90. The summed E-state index contributed by atoms with van der Waals surface area (Å²) in [6.45, 7) is 2.29. The van der Waals surface area contributed by atoms with Gasteiger partial charge in [-0.05, 0) is 25.8 Å². The van der Waals surface area contributed by atoms with Gasteiger partial charge in [0.1, 0.15) is 11.4 Å². The standard InChI is InChI=1S/C17H18F2N6O/c1-10-14(23-26-22-10)8-25-16-12(7-20-25)15(6-13(21-16)11-2-3-11)24-5-4-17(18,19)9-24/h6-7,11H,2-5,8-9H2,1H3. The van der Waals surface area contributed by atoms with Gasteiger partial charge in [-0.25, -0.2) is 23.1 Å². The van der Waals surface area contributed by atoms with Crippen molar-refractivity contribution in [1.29, 1.82) is 0 Å². The molecule has 7 nitrogen and oxygen atoms in total. The zero-order valence-corrected chi connectivity index (χ0v) is 14.3. The van der Waals surface area contributed by atoms with Gasteiger partial charge in [0.05, 0.1) is 30.4 Å². The summed E-state index contributed by atoms with van der Waals surface area (Å²) in [5, 5.41) is 12.9. The van der Waals surface area contributed by atoms with Gasteiger partial charge in [0.25, 0.3) is 5.92 Å². The van der Waals surface area contributed by atoms with Crippen LogP contribution in [0.15, 0.2) is 16.9 Å². The van der Waals surface area contributed by atoms with Crippen molar-refractivity contribution < 1.29 is 13.4 Å². The second-order valence-electron chi connectivity index (χ2n) is 7.20. The van der Waals surface area contributed by atoms with Gasteiger partial charge in [-0.1, -0.05) is 10.3 Å². The Bertz CT molecular complexity index is 977. The number of rotatable bonds is 4. The van der Waals surface area contributed by atoms with Gasteiger partial charge in [0.15, 0.2) is 5.65 Å². The van der Waals surface area contributed by atoms with Crippen LogP contribution in [0.4, 0.5) is 14.5 Å². The lowest BCUT2D eigenvalue weighted by molar-refractivity contribution is 0.0257. The summed E-state index contributed by atoms with van der Waals surface area (Å²) in [5.74, 6) is -2.23. The monoisotopic (exact) mass is 360 g/mol. The first-order valence-electron chi connectivity index (χ1n) is 8.77. The molecule has 3 aromatic rings. The van der Waals surface area contributed by atoms with Gasteiger partial charge < -0.3 is 4.90 Å². The molecule has 4 heterocycles. The average Bonchev–Trinajstić information content (AvgIpc) is 3.12. The van der Waals surface area contributed by atoms with Gasteiger partial charge in [-0.2, -0.15) is 5.10 Å². The highest BCUT2D eigenvalue weighted by Gasteiger charge is 2.39. The highest BCUT2D eigenvalue weighted by atomic mass is 19.3. The molecule has 0 radical (unpaired) electrons. The first-order valence-corrected chi connectivity index (χ1v) is 8.77. The lowest BCUT2D eigenvalue weighted by atomic mass is 10.2. The summed E-state index contributed by atoms with van der Waals surface area (Å²) >= 11 is 0. The number of aromatic nitrogens is 5. The number of alkyl halides is 2. The average molecular weight is 360 g/mol. The third-order valence-corrected chi connectivity index (χ3v) is 5.16. The van der Waals surface area contributed by atoms with E-state index in [4.69, 9.17) is 9.61 Å². The second-order valence-corrected chi connectivity index (χ2v) is 7.20. The van der Waals surface area contributed by atoms with E-state index in [9.17, 15) is 8.78 Å². The Morgan fingerprint density at radius 1 is 1.31 bits per heavy atom. The van der Waals surface area contributed by atoms with Crippen LogP contribution in [0.25, 0.3) is 11.0 Å². The van der Waals surface area contributed by atoms with Crippen molar-refractivity contribution in [3.63, 3.8) is 0 Å². The molecule has 0 spiro atoms. The van der Waals surface area contributed by atoms with E-state index in [0.29, 0.717) is 36.0 Å². The summed E-state index contributed by atoms with van der Waals surface area (Å²) in [4.78, 5) is 6.54. The maximum atomic E-state index is 13.7. The molecule has 0 N–H and O–H groups in total. The van der Waals surface area contributed by atoms with Crippen molar-refractivity contribution in [1.82, 2.24) is 25.1 Å². The lowest BCUT2D eigenvalue weighted by Gasteiger charge is -2.20. The Labute approximate surface area is 147 Å². The van der Waals surface area contributed by atoms with Crippen molar-refractivity contribution in [2.45, 2.75) is 44.6 Å². The Morgan fingerprint density at radius 3 is 2.81 bits per heavy atom. The third-order valence-electron chi connectivity index (χ3n) is 5.16. The van der Waals surface area contributed by atoms with E-state index in [-0.39, 0.29) is 13.0 Å². The predicted molar refractivity (Wildman–Crippen MR) is 89.4 cm³/mol. The highest BCUT2D eigenvalue weighted by Crippen LogP contribution is 2.43. The van der Waals surface area contributed by atoms with Crippen LogP contribution in [0.3, 0.4) is 0 Å². The maximum absolute atomic E-state index is 13.7. The second kappa shape index (κ2) is 5.46. The molecule has 9 heteroatoms. The fraction of sp³-hybridized carbons (Fsp3) is 0.529. The molecule has 1 aliphatic heterocycles. The zero-order chi connectivity index (χ0) is 17.9. The van der Waals surface area contributed by atoms with E-state index < -0.39 is 5.92 Å². The van der Waals surface area contributed by atoms with Gasteiger partial charge in [-0.15, -0.1) is 0 Å². The minimum Gasteiger partial charge on any atom is -0.365 e. The SMILES string of the molecule is Cc1nonc1Cn1ncc2c(N3CCC(F)(F)C3)cc(C3CC3)nc21. The van der Waals surface area contributed by atoms with Crippen LogP contribution in [0.5, 0.6) is 0 Å². The predicted octanol–water partition coefficient (Wildman–Crippen LogP) is 2.89. The molecule has 1 saturated heterocycles. The van der Waals surface area contributed by atoms with E-state index in [0.717, 1.165) is 29.6 Å². The molecular weight excluding hydrogens is 342 g/mol. The first-order chi connectivity index (χ1) is 12.5. The maximum Gasteiger partial charge on any atom is 0.266 e. The molecule has 0 amide bonds. The summed E-state index contributed by atoms with van der Waals surface area (Å²) in [5.41, 5.74) is 3.84. The van der Waals surface area contributed by atoms with Crippen LogP contribution in [0.1, 0.15) is 42.3 Å². The Balaban J connectivity index is 1.60. The van der Waals surface area contributed by atoms with Crippen LogP contribution >= 0.6 is 0 Å². The molecule has 26 heavy (non-hydrogen) atoms. The molecular formula is C17H18F2N6O. The largest absolute Gasteiger partial charge is 0.365 e. The van der Waals surface area contributed by atoms with Crippen LogP contribution in [0, 0.1) is 6.92 Å². The summed E-state index contributed by atoms with van der Waals surface area (Å²) in [6.07, 6.45) is 3.77. The molecule has 1 saturated carbocycles. The van der Waals surface area contributed by atoms with Crippen LogP contribution in [-0.4, -0.2) is 44.1 Å². The van der Waals surface area contributed by atoms with Crippen molar-refractivity contribution in [3.05, 3.63) is 29.3 Å². The summed E-state index contributed by atoms with van der Waals surface area (Å²) in [6, 6.07) is 1.97. The summed E-state index contributed by atoms with van der Waals surface area (Å²) < 4.78 is 34.0. The van der Waals surface area contributed by atoms with Crippen LogP contribution < -0.4 is 4.90 Å². The fourth-order valence-electron chi connectivity index (χ4n) is 3.49. The molecule has 1 aliphatic carbocycles. The number of pyridine rings is 1. The first kappa shape index (κ1) is 15.7. The van der Waals surface area contributed by atoms with E-state index >= 15 is 0 Å². The van der Waals surface area contributed by atoms with Gasteiger partial charge in [-0.3, -0.25) is 0 Å². The molecule has 0 bridgehead atoms. The Morgan fingerprint density at radius 2 is 2.15 bits per heavy atom. The third kappa shape index (κ3) is 2.62. The molecule has 3 aromatic heterocycles. The molecule has 0 atom stereocenters. The van der Waals surface area contributed by atoms with E-state index in [2.05, 4.69) is 15.4 Å². The minimum atomic E-state index is -2.64. The molecule has 5 rings (SSSR count). The number of nitrogens with zero attached hydrogens (tertiary/aromatic N) is 6. The van der Waals surface area contributed by atoms with Gasteiger partial charge >= 0.3 is 0 Å². The Kier molecular flexibility index (Phi) is 3.29. The molecule has 2 aliphatic rings. The van der Waals surface area contributed by atoms with Crippen LogP contribution in [-0.2, 0) is 6.54 Å². The fourth-order valence-corrected chi connectivity index (χ4v) is 3.49. The quantitative estimate of drug-likeness (QED) is 0.712. The Hall–Kier alpha value is -2.58. The lowest BCUT2D eigenvalue weighted by Crippen LogP contribution is -2.25. The van der Waals surface area contributed by atoms with Crippen molar-refractivity contribution in [2.24, 2.45) is 0 Å². The van der Waals surface area contributed by atoms with E-state index in [1.54, 1.807) is 15.8 Å². The van der Waals surface area contributed by atoms with Crippen molar-refractivity contribution in [2.75, 3.05) is 18.0 Å². The number of anilines is 1. The molecule has 0 unspecified atom stereocenters. The van der Waals surface area contributed by atoms with Crippen LogP contribution in [0.2, 0.25) is 0 Å². The number of halogens is 2. The minimum absolute atomic E-state index is 0.118.